The van der Waals surface area contributed by atoms with Gasteiger partial charge in [-0.25, -0.2) is 9.68 Å². The van der Waals surface area contributed by atoms with E-state index in [0.29, 0.717) is 12.0 Å². The first-order chi connectivity index (χ1) is 9.92. The van der Waals surface area contributed by atoms with Crippen molar-refractivity contribution in [2.45, 2.75) is 38.1 Å². The summed E-state index contributed by atoms with van der Waals surface area (Å²) >= 11 is 0. The number of carbonyl (C=O) groups excluding carboxylic acids is 1. The van der Waals surface area contributed by atoms with Gasteiger partial charge in [0.25, 0.3) is 0 Å². The third-order valence-corrected chi connectivity index (χ3v) is 5.11. The molecule has 21 heavy (non-hydrogen) atoms. The highest BCUT2D eigenvalue weighted by Crippen LogP contribution is 2.50. The molecular formula is C16H20O5. The van der Waals surface area contributed by atoms with E-state index in [9.17, 15) is 10.1 Å². The van der Waals surface area contributed by atoms with Crippen LogP contribution >= 0.6 is 0 Å². The molecule has 5 nitrogen and oxygen atoms in total. The maximum Gasteiger partial charge on any atom is 0.334 e. The zero-order valence-electron chi connectivity index (χ0n) is 12.5. The Morgan fingerprint density at radius 2 is 2.24 bits per heavy atom. The minimum Gasteiger partial charge on any atom is -0.458 e. The van der Waals surface area contributed by atoms with Crippen molar-refractivity contribution in [1.82, 2.24) is 0 Å². The first-order valence-electron chi connectivity index (χ1n) is 7.08. The molecule has 1 aliphatic heterocycles. The van der Waals surface area contributed by atoms with E-state index in [-0.39, 0.29) is 30.0 Å². The van der Waals surface area contributed by atoms with Gasteiger partial charge in [-0.2, -0.15) is 0 Å². The molecule has 5 heteroatoms. The van der Waals surface area contributed by atoms with E-state index in [0.717, 1.165) is 11.1 Å². The highest BCUT2D eigenvalue weighted by atomic mass is 17.1. The van der Waals surface area contributed by atoms with E-state index in [2.05, 4.69) is 6.58 Å². The van der Waals surface area contributed by atoms with Crippen molar-refractivity contribution >= 4 is 5.97 Å². The third kappa shape index (κ3) is 1.92. The van der Waals surface area contributed by atoms with Crippen molar-refractivity contribution in [3.8, 4) is 0 Å². The van der Waals surface area contributed by atoms with Gasteiger partial charge >= 0.3 is 5.97 Å². The lowest BCUT2D eigenvalue weighted by atomic mass is 9.79. The maximum absolute atomic E-state index is 11.9. The van der Waals surface area contributed by atoms with Crippen LogP contribution in [0.3, 0.4) is 0 Å². The standard InChI is InChI=1S/C16H20O5/c1-8-10-5-6-16(3,21-18)13(10)14-11(7-12(8)19-4)9(2)15(17)20-14/h5-6,11-14,18H,2,7H2,1,3-4H3/t11-,12+,13-,14-,16-/m0/s1. The van der Waals surface area contributed by atoms with E-state index in [1.807, 2.05) is 13.0 Å². The number of rotatable bonds is 2. The number of methoxy groups -OCH3 is 1. The van der Waals surface area contributed by atoms with Crippen LogP contribution in [0.2, 0.25) is 0 Å². The van der Waals surface area contributed by atoms with Crippen LogP contribution in [0.4, 0.5) is 0 Å². The molecule has 114 valence electrons. The van der Waals surface area contributed by atoms with Gasteiger partial charge in [0.15, 0.2) is 0 Å². The molecule has 2 aliphatic carbocycles. The molecule has 1 heterocycles. The van der Waals surface area contributed by atoms with Gasteiger partial charge in [-0.1, -0.05) is 12.7 Å². The molecule has 1 fully saturated rings. The Morgan fingerprint density at radius 3 is 2.86 bits per heavy atom. The highest BCUT2D eigenvalue weighted by Gasteiger charge is 2.55. The van der Waals surface area contributed by atoms with Gasteiger partial charge in [-0.3, -0.25) is 5.26 Å². The second kappa shape index (κ2) is 4.80. The van der Waals surface area contributed by atoms with E-state index in [4.69, 9.17) is 14.4 Å². The number of esters is 1. The van der Waals surface area contributed by atoms with Crippen molar-refractivity contribution in [1.29, 1.82) is 0 Å². The zero-order valence-corrected chi connectivity index (χ0v) is 12.5. The number of carbonyl (C=O) groups is 1. The van der Waals surface area contributed by atoms with Gasteiger partial charge in [0.1, 0.15) is 11.7 Å². The average molecular weight is 292 g/mol. The Labute approximate surface area is 123 Å². The molecule has 1 N–H and O–H groups in total. The predicted octanol–water partition coefficient (Wildman–Crippen LogP) is 2.25. The summed E-state index contributed by atoms with van der Waals surface area (Å²) < 4.78 is 11.1. The van der Waals surface area contributed by atoms with Crippen molar-refractivity contribution in [2.24, 2.45) is 11.8 Å². The van der Waals surface area contributed by atoms with Crippen molar-refractivity contribution in [3.63, 3.8) is 0 Å². The predicted molar refractivity (Wildman–Crippen MR) is 75.4 cm³/mol. The lowest BCUT2D eigenvalue weighted by Gasteiger charge is -2.33. The molecule has 1 saturated heterocycles. The van der Waals surface area contributed by atoms with Gasteiger partial charge in [-0.05, 0) is 37.5 Å². The molecule has 3 aliphatic rings. The lowest BCUT2D eigenvalue weighted by Crippen LogP contribution is -2.42. The molecule has 0 bridgehead atoms. The summed E-state index contributed by atoms with van der Waals surface area (Å²) in [7, 11) is 1.66. The second-order valence-corrected chi connectivity index (χ2v) is 6.19. The molecule has 0 aromatic heterocycles. The summed E-state index contributed by atoms with van der Waals surface area (Å²) in [5, 5.41) is 9.35. The molecular weight excluding hydrogens is 272 g/mol. The fourth-order valence-corrected chi connectivity index (χ4v) is 3.81. The maximum atomic E-state index is 11.9. The zero-order chi connectivity index (χ0) is 15.4. The molecule has 3 rings (SSSR count). The molecule has 5 atom stereocenters. The topological polar surface area (TPSA) is 65.0 Å². The summed E-state index contributed by atoms with van der Waals surface area (Å²) in [5.41, 5.74) is 1.65. The van der Waals surface area contributed by atoms with Gasteiger partial charge in [-0.15, -0.1) is 0 Å². The normalized spacial score (nSPS) is 41.9. The van der Waals surface area contributed by atoms with Crippen molar-refractivity contribution in [2.75, 3.05) is 7.11 Å². The second-order valence-electron chi connectivity index (χ2n) is 6.19. The van der Waals surface area contributed by atoms with E-state index in [1.165, 1.54) is 0 Å². The highest BCUT2D eigenvalue weighted by molar-refractivity contribution is 5.91. The van der Waals surface area contributed by atoms with Crippen LogP contribution in [-0.4, -0.2) is 36.1 Å². The quantitative estimate of drug-likeness (QED) is 0.366. The average Bonchev–Trinajstić information content (AvgIpc) is 2.91. The third-order valence-electron chi connectivity index (χ3n) is 5.11. The van der Waals surface area contributed by atoms with Gasteiger partial charge in [0.05, 0.1) is 12.0 Å². The Balaban J connectivity index is 2.12. The van der Waals surface area contributed by atoms with Gasteiger partial charge in [0, 0.05) is 18.6 Å². The smallest absolute Gasteiger partial charge is 0.334 e. The molecule has 0 aromatic rings. The molecule has 0 amide bonds. The Morgan fingerprint density at radius 1 is 1.52 bits per heavy atom. The summed E-state index contributed by atoms with van der Waals surface area (Å²) in [6, 6.07) is 0. The number of allylic oxidation sites excluding steroid dienone is 1. The summed E-state index contributed by atoms with van der Waals surface area (Å²) in [5.74, 6) is -0.754. The van der Waals surface area contributed by atoms with Crippen LogP contribution < -0.4 is 0 Å². The summed E-state index contributed by atoms with van der Waals surface area (Å²) in [6.07, 6.45) is 3.89. The number of hydrogen-bond acceptors (Lipinski definition) is 5. The van der Waals surface area contributed by atoms with Crippen LogP contribution in [-0.2, 0) is 19.2 Å². The summed E-state index contributed by atoms with van der Waals surface area (Å²) in [4.78, 5) is 16.7. The minimum absolute atomic E-state index is 0.102. The number of fused-ring (bicyclic) bond motifs is 3. The van der Waals surface area contributed by atoms with Crippen LogP contribution in [0.5, 0.6) is 0 Å². The van der Waals surface area contributed by atoms with E-state index < -0.39 is 5.60 Å². The Kier molecular flexibility index (Phi) is 3.31. The number of hydrogen-bond donors (Lipinski definition) is 1. The van der Waals surface area contributed by atoms with Crippen LogP contribution in [0, 0.1) is 11.8 Å². The largest absolute Gasteiger partial charge is 0.458 e. The minimum atomic E-state index is -0.910. The molecule has 0 aromatic carbocycles. The fraction of sp³-hybridized carbons (Fsp3) is 0.562. The fourth-order valence-electron chi connectivity index (χ4n) is 3.81. The molecule has 0 radical (unpaired) electrons. The van der Waals surface area contributed by atoms with Gasteiger partial charge in [0.2, 0.25) is 0 Å². The van der Waals surface area contributed by atoms with Crippen molar-refractivity contribution in [3.05, 3.63) is 35.5 Å². The molecule has 0 saturated carbocycles. The van der Waals surface area contributed by atoms with E-state index in [1.54, 1.807) is 20.1 Å². The van der Waals surface area contributed by atoms with Crippen LogP contribution in [0.25, 0.3) is 0 Å². The van der Waals surface area contributed by atoms with Gasteiger partial charge < -0.3 is 9.47 Å². The van der Waals surface area contributed by atoms with Crippen molar-refractivity contribution < 1.29 is 24.4 Å². The Bertz CT molecular complexity index is 561. The van der Waals surface area contributed by atoms with Crippen LogP contribution in [0.15, 0.2) is 35.5 Å². The van der Waals surface area contributed by atoms with E-state index >= 15 is 0 Å². The first kappa shape index (κ1) is 14.5. The molecule has 0 spiro atoms. The lowest BCUT2D eigenvalue weighted by molar-refractivity contribution is -0.316. The number of ether oxygens (including phenoxy) is 2. The molecule has 0 unspecified atom stereocenters. The van der Waals surface area contributed by atoms with Crippen LogP contribution in [0.1, 0.15) is 20.3 Å². The summed E-state index contributed by atoms with van der Waals surface area (Å²) in [6.45, 7) is 7.67. The Hall–Kier alpha value is -1.43. The monoisotopic (exact) mass is 292 g/mol. The first-order valence-corrected chi connectivity index (χ1v) is 7.08. The SMILES string of the molecule is C=C1C(=O)O[C@H]2[C@H]1C[C@@H](OC)C(C)=C1C=C[C@](C)(OO)[C@@H]12.